The van der Waals surface area contributed by atoms with Crippen LogP contribution in [0.2, 0.25) is 0 Å². The van der Waals surface area contributed by atoms with Gasteiger partial charge in [0, 0.05) is 19.8 Å². The van der Waals surface area contributed by atoms with E-state index in [1.165, 1.54) is 4.90 Å². The van der Waals surface area contributed by atoms with Crippen LogP contribution >= 0.6 is 0 Å². The fourth-order valence-corrected chi connectivity index (χ4v) is 1.95. The number of carbonyl (C=O) groups excluding carboxylic acids is 2. The summed E-state index contributed by atoms with van der Waals surface area (Å²) in [4.78, 5) is 25.4. The van der Waals surface area contributed by atoms with Gasteiger partial charge in [0.05, 0.1) is 12.1 Å². The number of nitrogens with one attached hydrogen (secondary N) is 1. The van der Waals surface area contributed by atoms with Crippen molar-refractivity contribution in [3.05, 3.63) is 65.7 Å². The first-order valence-electron chi connectivity index (χ1n) is 7.32. The number of hydrogen-bond acceptors (Lipinski definition) is 4. The van der Waals surface area contributed by atoms with Crippen molar-refractivity contribution in [3.63, 3.8) is 0 Å². The molecule has 0 aromatic heterocycles. The highest BCUT2D eigenvalue weighted by Crippen LogP contribution is 2.17. The second-order valence-electron chi connectivity index (χ2n) is 5.25. The third kappa shape index (κ3) is 4.85. The lowest BCUT2D eigenvalue weighted by molar-refractivity contribution is -0.126. The van der Waals surface area contributed by atoms with Gasteiger partial charge in [-0.05, 0) is 17.7 Å². The Morgan fingerprint density at radius 1 is 1.00 bits per heavy atom. The van der Waals surface area contributed by atoms with E-state index in [0.717, 1.165) is 5.56 Å². The summed E-state index contributed by atoms with van der Waals surface area (Å²) in [7, 11) is 3.37. The molecule has 1 N–H and O–H groups in total. The maximum atomic E-state index is 12.3. The number of anilines is 1. The molecule has 0 aliphatic carbocycles. The molecule has 0 atom stereocenters. The van der Waals surface area contributed by atoms with E-state index in [0.29, 0.717) is 11.3 Å². The second-order valence-corrected chi connectivity index (χ2v) is 5.25. The average Bonchev–Trinajstić information content (AvgIpc) is 2.58. The Labute approximate surface area is 135 Å². The number of amides is 1. The Kier molecular flexibility index (Phi) is 5.74. The van der Waals surface area contributed by atoms with Crippen molar-refractivity contribution in [2.45, 2.75) is 6.61 Å². The number of nitrogens with zero attached hydrogens (tertiary/aromatic N) is 1. The topological polar surface area (TPSA) is 58.6 Å². The van der Waals surface area contributed by atoms with Gasteiger partial charge in [-0.25, -0.2) is 4.79 Å². The molecule has 2 rings (SSSR count). The molecular weight excluding hydrogens is 292 g/mol. The SMILES string of the molecule is CN(C)C(=O)CNc1ccccc1C(=O)OCc1ccccc1. The molecule has 5 nitrogen and oxygen atoms in total. The summed E-state index contributed by atoms with van der Waals surface area (Å²) in [6, 6.07) is 16.5. The van der Waals surface area contributed by atoms with Gasteiger partial charge < -0.3 is 15.0 Å². The van der Waals surface area contributed by atoms with Gasteiger partial charge >= 0.3 is 5.97 Å². The van der Waals surface area contributed by atoms with Crippen molar-refractivity contribution >= 4 is 17.6 Å². The minimum atomic E-state index is -0.422. The highest BCUT2D eigenvalue weighted by atomic mass is 16.5. The summed E-state index contributed by atoms with van der Waals surface area (Å²) in [5.74, 6) is -0.494. The van der Waals surface area contributed by atoms with Crippen molar-refractivity contribution in [2.24, 2.45) is 0 Å². The highest BCUT2D eigenvalue weighted by Gasteiger charge is 2.13. The van der Waals surface area contributed by atoms with Crippen molar-refractivity contribution < 1.29 is 14.3 Å². The van der Waals surface area contributed by atoms with E-state index in [-0.39, 0.29) is 19.1 Å². The molecule has 0 radical (unpaired) electrons. The highest BCUT2D eigenvalue weighted by molar-refractivity contribution is 5.96. The molecule has 0 heterocycles. The van der Waals surface area contributed by atoms with E-state index in [9.17, 15) is 9.59 Å². The maximum Gasteiger partial charge on any atom is 0.340 e. The van der Waals surface area contributed by atoms with E-state index in [4.69, 9.17) is 4.74 Å². The number of benzene rings is 2. The van der Waals surface area contributed by atoms with Crippen LogP contribution in [0.1, 0.15) is 15.9 Å². The van der Waals surface area contributed by atoms with Crippen molar-refractivity contribution in [3.8, 4) is 0 Å². The van der Waals surface area contributed by atoms with Gasteiger partial charge in [0.15, 0.2) is 0 Å². The first kappa shape index (κ1) is 16.5. The third-order valence-corrected chi connectivity index (χ3v) is 3.29. The van der Waals surface area contributed by atoms with Crippen LogP contribution in [0.25, 0.3) is 0 Å². The summed E-state index contributed by atoms with van der Waals surface area (Å²) < 4.78 is 5.33. The lowest BCUT2D eigenvalue weighted by atomic mass is 10.1. The molecule has 23 heavy (non-hydrogen) atoms. The van der Waals surface area contributed by atoms with Crippen LogP contribution < -0.4 is 5.32 Å². The smallest absolute Gasteiger partial charge is 0.340 e. The van der Waals surface area contributed by atoms with Gasteiger partial charge in [-0.3, -0.25) is 4.79 Å². The Morgan fingerprint density at radius 3 is 2.35 bits per heavy atom. The number of likely N-dealkylation sites (N-methyl/N-ethyl adjacent to an activating group) is 1. The molecule has 5 heteroatoms. The molecular formula is C18H20N2O3. The molecule has 0 unspecified atom stereocenters. The molecule has 2 aromatic rings. The molecule has 0 saturated carbocycles. The third-order valence-electron chi connectivity index (χ3n) is 3.29. The van der Waals surface area contributed by atoms with Crippen LogP contribution in [0, 0.1) is 0 Å². The Hall–Kier alpha value is -2.82. The van der Waals surface area contributed by atoms with Crippen molar-refractivity contribution in [1.29, 1.82) is 0 Å². The summed E-state index contributed by atoms with van der Waals surface area (Å²) in [6.45, 7) is 0.334. The van der Waals surface area contributed by atoms with Crippen LogP contribution in [0.15, 0.2) is 54.6 Å². The Morgan fingerprint density at radius 2 is 1.65 bits per heavy atom. The number of carbonyl (C=O) groups is 2. The Balaban J connectivity index is 2.01. The zero-order valence-electron chi connectivity index (χ0n) is 13.3. The summed E-state index contributed by atoms with van der Waals surface area (Å²) in [6.07, 6.45) is 0. The van der Waals surface area contributed by atoms with E-state index in [1.54, 1.807) is 38.4 Å². The van der Waals surface area contributed by atoms with Crippen LogP contribution in [0.4, 0.5) is 5.69 Å². The first-order chi connectivity index (χ1) is 11.1. The molecule has 0 aliphatic rings. The van der Waals surface area contributed by atoms with Gasteiger partial charge in [-0.1, -0.05) is 42.5 Å². The van der Waals surface area contributed by atoms with Gasteiger partial charge in [0.2, 0.25) is 5.91 Å². The number of esters is 1. The first-order valence-corrected chi connectivity index (χ1v) is 7.32. The van der Waals surface area contributed by atoms with Crippen LogP contribution in [-0.4, -0.2) is 37.4 Å². The number of ether oxygens (including phenoxy) is 1. The summed E-state index contributed by atoms with van der Waals surface area (Å²) in [5, 5.41) is 2.98. The fourth-order valence-electron chi connectivity index (χ4n) is 1.95. The lowest BCUT2D eigenvalue weighted by Gasteiger charge is -2.14. The standard InChI is InChI=1S/C18H20N2O3/c1-20(2)17(21)12-19-16-11-7-6-10-15(16)18(22)23-13-14-8-4-3-5-9-14/h3-11,19H,12-13H2,1-2H3. The summed E-state index contributed by atoms with van der Waals surface area (Å²) in [5.41, 5.74) is 1.92. The quantitative estimate of drug-likeness (QED) is 0.833. The molecule has 0 bridgehead atoms. The van der Waals surface area contributed by atoms with Crippen molar-refractivity contribution in [2.75, 3.05) is 26.0 Å². The predicted octanol–water partition coefficient (Wildman–Crippen LogP) is 2.54. The van der Waals surface area contributed by atoms with E-state index >= 15 is 0 Å². The zero-order valence-corrected chi connectivity index (χ0v) is 13.3. The van der Waals surface area contributed by atoms with Crippen LogP contribution in [0.5, 0.6) is 0 Å². The van der Waals surface area contributed by atoms with Crippen LogP contribution in [-0.2, 0) is 16.1 Å². The minimum absolute atomic E-state index is 0.0718. The van der Waals surface area contributed by atoms with E-state index in [1.807, 2.05) is 30.3 Å². The van der Waals surface area contributed by atoms with Crippen LogP contribution in [0.3, 0.4) is 0 Å². The average molecular weight is 312 g/mol. The van der Waals surface area contributed by atoms with Crippen molar-refractivity contribution in [1.82, 2.24) is 4.90 Å². The van der Waals surface area contributed by atoms with E-state index < -0.39 is 5.97 Å². The maximum absolute atomic E-state index is 12.3. The number of hydrogen-bond donors (Lipinski definition) is 1. The van der Waals surface area contributed by atoms with Gasteiger partial charge in [0.25, 0.3) is 0 Å². The fraction of sp³-hybridized carbons (Fsp3) is 0.222. The number of rotatable bonds is 6. The summed E-state index contributed by atoms with van der Waals surface area (Å²) >= 11 is 0. The van der Waals surface area contributed by atoms with Gasteiger partial charge in [-0.15, -0.1) is 0 Å². The second kappa shape index (κ2) is 7.98. The monoisotopic (exact) mass is 312 g/mol. The minimum Gasteiger partial charge on any atom is -0.457 e. The molecule has 120 valence electrons. The molecule has 1 amide bonds. The molecule has 0 aliphatic heterocycles. The van der Waals surface area contributed by atoms with Gasteiger partial charge in [0.1, 0.15) is 6.61 Å². The number of para-hydroxylation sites is 1. The normalized spacial score (nSPS) is 10.0. The predicted molar refractivity (Wildman–Crippen MR) is 89.2 cm³/mol. The zero-order chi connectivity index (χ0) is 16.7. The molecule has 0 fully saturated rings. The molecule has 0 spiro atoms. The molecule has 2 aromatic carbocycles. The molecule has 0 saturated heterocycles. The lowest BCUT2D eigenvalue weighted by Crippen LogP contribution is -2.29. The largest absolute Gasteiger partial charge is 0.457 e. The Bertz CT molecular complexity index is 669. The van der Waals surface area contributed by atoms with Gasteiger partial charge in [-0.2, -0.15) is 0 Å². The van der Waals surface area contributed by atoms with E-state index in [2.05, 4.69) is 5.32 Å².